The van der Waals surface area contributed by atoms with Gasteiger partial charge in [-0.15, -0.1) is 11.3 Å². The lowest BCUT2D eigenvalue weighted by atomic mass is 10.0. The van der Waals surface area contributed by atoms with Crippen LogP contribution in [0.5, 0.6) is 0 Å². The Hall–Kier alpha value is -1.07. The number of hydrogen-bond donors (Lipinski definition) is 2. The molecule has 0 saturated heterocycles. The summed E-state index contributed by atoms with van der Waals surface area (Å²) in [5, 5.41) is 3.91. The minimum Gasteiger partial charge on any atom is -0.462 e. The third-order valence-electron chi connectivity index (χ3n) is 2.72. The van der Waals surface area contributed by atoms with Crippen molar-refractivity contribution in [2.24, 2.45) is 0 Å². The molecule has 1 aliphatic rings. The summed E-state index contributed by atoms with van der Waals surface area (Å²) >= 11 is 1.51. The Balaban J connectivity index is 2.35. The third kappa shape index (κ3) is 1.92. The van der Waals surface area contributed by atoms with Gasteiger partial charge in [-0.3, -0.25) is 0 Å². The summed E-state index contributed by atoms with van der Waals surface area (Å²) in [5.74, 6) is -0.297. The molecule has 3 N–H and O–H groups in total. The van der Waals surface area contributed by atoms with Gasteiger partial charge in [0.05, 0.1) is 12.2 Å². The van der Waals surface area contributed by atoms with E-state index in [0.717, 1.165) is 12.0 Å². The van der Waals surface area contributed by atoms with Gasteiger partial charge in [0.1, 0.15) is 5.00 Å². The van der Waals surface area contributed by atoms with Crippen molar-refractivity contribution in [2.75, 3.05) is 12.3 Å². The summed E-state index contributed by atoms with van der Waals surface area (Å²) < 4.78 is 5.02. The molecule has 0 saturated carbocycles. The number of esters is 1. The summed E-state index contributed by atoms with van der Waals surface area (Å²) in [7, 11) is 0. The molecular formula is C11H16N2O2S. The van der Waals surface area contributed by atoms with E-state index in [1.54, 1.807) is 6.92 Å². The lowest BCUT2D eigenvalue weighted by Crippen LogP contribution is -2.32. The van der Waals surface area contributed by atoms with Gasteiger partial charge in [0.2, 0.25) is 0 Å². The van der Waals surface area contributed by atoms with Crippen LogP contribution in [0.25, 0.3) is 0 Å². The quantitative estimate of drug-likeness (QED) is 0.770. The zero-order chi connectivity index (χ0) is 11.7. The van der Waals surface area contributed by atoms with E-state index < -0.39 is 0 Å². The number of fused-ring (bicyclic) bond motifs is 1. The largest absolute Gasteiger partial charge is 0.462 e. The fourth-order valence-electron chi connectivity index (χ4n) is 1.94. The molecule has 0 spiro atoms. The standard InChI is InChI=1S/C11H16N2O2S/c1-3-15-11(14)9-7-5-13-6(2)4-8(7)16-10(9)12/h6,13H,3-5,12H2,1-2H3/t6-/m0/s1. The zero-order valence-electron chi connectivity index (χ0n) is 9.50. The molecule has 1 aromatic rings. The van der Waals surface area contributed by atoms with E-state index >= 15 is 0 Å². The number of carbonyl (C=O) groups excluding carboxylic acids is 1. The molecule has 88 valence electrons. The highest BCUT2D eigenvalue weighted by Crippen LogP contribution is 2.34. The summed E-state index contributed by atoms with van der Waals surface area (Å²) in [4.78, 5) is 13.0. The first-order valence-electron chi connectivity index (χ1n) is 5.44. The third-order valence-corrected chi connectivity index (χ3v) is 3.80. The van der Waals surface area contributed by atoms with Crippen LogP contribution in [0.3, 0.4) is 0 Å². The van der Waals surface area contributed by atoms with Crippen molar-refractivity contribution < 1.29 is 9.53 Å². The highest BCUT2D eigenvalue weighted by molar-refractivity contribution is 7.16. The topological polar surface area (TPSA) is 64.3 Å². The van der Waals surface area contributed by atoms with Crippen molar-refractivity contribution in [1.82, 2.24) is 5.32 Å². The Morgan fingerprint density at radius 3 is 3.12 bits per heavy atom. The maximum absolute atomic E-state index is 11.8. The second kappa shape index (κ2) is 4.43. The monoisotopic (exact) mass is 240 g/mol. The summed E-state index contributed by atoms with van der Waals surface area (Å²) in [6, 6.07) is 0.445. The molecule has 5 heteroatoms. The average Bonchev–Trinajstić information content (AvgIpc) is 2.53. The summed E-state index contributed by atoms with van der Waals surface area (Å²) in [6.07, 6.45) is 0.934. The summed E-state index contributed by atoms with van der Waals surface area (Å²) in [5.41, 5.74) is 7.49. The zero-order valence-corrected chi connectivity index (χ0v) is 10.3. The van der Waals surface area contributed by atoms with Crippen LogP contribution in [0, 0.1) is 0 Å². The van der Waals surface area contributed by atoms with E-state index in [1.165, 1.54) is 16.2 Å². The minimum absolute atomic E-state index is 0.297. The van der Waals surface area contributed by atoms with Crippen molar-refractivity contribution >= 4 is 22.3 Å². The number of thiophene rings is 1. The van der Waals surface area contributed by atoms with Crippen LogP contribution >= 0.6 is 11.3 Å². The van der Waals surface area contributed by atoms with Crippen LogP contribution < -0.4 is 11.1 Å². The van der Waals surface area contributed by atoms with Gasteiger partial charge in [0, 0.05) is 17.5 Å². The van der Waals surface area contributed by atoms with E-state index in [-0.39, 0.29) is 5.97 Å². The van der Waals surface area contributed by atoms with Crippen LogP contribution in [0.15, 0.2) is 0 Å². The molecular weight excluding hydrogens is 224 g/mol. The molecule has 1 aromatic heterocycles. The van der Waals surface area contributed by atoms with Crippen LogP contribution in [0.4, 0.5) is 5.00 Å². The molecule has 0 amide bonds. The van der Waals surface area contributed by atoms with Gasteiger partial charge in [0.15, 0.2) is 0 Å². The molecule has 2 heterocycles. The van der Waals surface area contributed by atoms with Gasteiger partial charge in [-0.2, -0.15) is 0 Å². The number of anilines is 1. The molecule has 1 aliphatic heterocycles. The number of nitrogens with two attached hydrogens (primary N) is 1. The fraction of sp³-hybridized carbons (Fsp3) is 0.545. The fourth-order valence-corrected chi connectivity index (χ4v) is 3.14. The Labute approximate surface area is 98.8 Å². The number of carbonyl (C=O) groups is 1. The minimum atomic E-state index is -0.297. The van der Waals surface area contributed by atoms with Gasteiger partial charge < -0.3 is 15.8 Å². The number of ether oxygens (including phenoxy) is 1. The van der Waals surface area contributed by atoms with Crippen molar-refractivity contribution in [3.63, 3.8) is 0 Å². The molecule has 0 radical (unpaired) electrons. The van der Waals surface area contributed by atoms with Crippen LogP contribution in [0.1, 0.15) is 34.6 Å². The summed E-state index contributed by atoms with van der Waals surface area (Å²) in [6.45, 7) is 5.02. The molecule has 0 aliphatic carbocycles. The lowest BCUT2D eigenvalue weighted by Gasteiger charge is -2.20. The highest BCUT2D eigenvalue weighted by Gasteiger charge is 2.26. The molecule has 0 aromatic carbocycles. The van der Waals surface area contributed by atoms with Gasteiger partial charge in [-0.05, 0) is 25.8 Å². The second-order valence-corrected chi connectivity index (χ2v) is 5.09. The maximum Gasteiger partial charge on any atom is 0.341 e. The van der Waals surface area contributed by atoms with Gasteiger partial charge in [-0.25, -0.2) is 4.79 Å². The smallest absolute Gasteiger partial charge is 0.341 e. The molecule has 0 bridgehead atoms. The van der Waals surface area contributed by atoms with Crippen LogP contribution in [-0.4, -0.2) is 18.6 Å². The molecule has 2 rings (SSSR count). The number of hydrogen-bond acceptors (Lipinski definition) is 5. The lowest BCUT2D eigenvalue weighted by molar-refractivity contribution is 0.0526. The van der Waals surface area contributed by atoms with E-state index in [9.17, 15) is 4.79 Å². The van der Waals surface area contributed by atoms with E-state index in [2.05, 4.69) is 12.2 Å². The second-order valence-electron chi connectivity index (χ2n) is 3.95. The predicted octanol–water partition coefficient (Wildman–Crippen LogP) is 1.54. The van der Waals surface area contributed by atoms with Gasteiger partial charge in [0.25, 0.3) is 0 Å². The molecule has 1 atom stereocenters. The van der Waals surface area contributed by atoms with Gasteiger partial charge >= 0.3 is 5.97 Å². The van der Waals surface area contributed by atoms with Crippen LogP contribution in [-0.2, 0) is 17.7 Å². The highest BCUT2D eigenvalue weighted by atomic mass is 32.1. The Bertz CT molecular complexity index is 414. The molecule has 16 heavy (non-hydrogen) atoms. The molecule has 0 fully saturated rings. The Kier molecular flexibility index (Phi) is 3.16. The normalized spacial score (nSPS) is 19.2. The van der Waals surface area contributed by atoms with E-state index in [4.69, 9.17) is 10.5 Å². The maximum atomic E-state index is 11.8. The predicted molar refractivity (Wildman–Crippen MR) is 64.7 cm³/mol. The number of rotatable bonds is 2. The Morgan fingerprint density at radius 1 is 1.69 bits per heavy atom. The Morgan fingerprint density at radius 2 is 2.44 bits per heavy atom. The van der Waals surface area contributed by atoms with E-state index in [1.807, 2.05) is 0 Å². The van der Waals surface area contributed by atoms with E-state index in [0.29, 0.717) is 29.8 Å². The average molecular weight is 240 g/mol. The van der Waals surface area contributed by atoms with Gasteiger partial charge in [-0.1, -0.05) is 0 Å². The first-order valence-corrected chi connectivity index (χ1v) is 6.25. The first-order chi connectivity index (χ1) is 7.63. The SMILES string of the molecule is CCOC(=O)c1c(N)sc2c1CN[C@@H](C)C2. The van der Waals surface area contributed by atoms with Crippen molar-refractivity contribution in [3.8, 4) is 0 Å². The first kappa shape index (κ1) is 11.4. The van der Waals surface area contributed by atoms with Crippen molar-refractivity contribution in [1.29, 1.82) is 0 Å². The number of nitrogen functional groups attached to an aromatic ring is 1. The van der Waals surface area contributed by atoms with Crippen molar-refractivity contribution in [2.45, 2.75) is 32.9 Å². The molecule has 0 unspecified atom stereocenters. The molecule has 4 nitrogen and oxygen atoms in total. The van der Waals surface area contributed by atoms with Crippen molar-refractivity contribution in [3.05, 3.63) is 16.0 Å². The number of nitrogens with one attached hydrogen (secondary N) is 1. The van der Waals surface area contributed by atoms with Crippen LogP contribution in [0.2, 0.25) is 0 Å².